The Hall–Kier alpha value is -2.67. The summed E-state index contributed by atoms with van der Waals surface area (Å²) in [5, 5.41) is 12.2. The number of hydrogen-bond acceptors (Lipinski definition) is 4. The van der Waals surface area contributed by atoms with E-state index in [4.69, 9.17) is 14.7 Å². The maximum absolute atomic E-state index is 8.80. The van der Waals surface area contributed by atoms with Gasteiger partial charge in [-0.3, -0.25) is 0 Å². The molecule has 4 nitrogen and oxygen atoms in total. The third-order valence-corrected chi connectivity index (χ3v) is 3.46. The first kappa shape index (κ1) is 13.3. The second kappa shape index (κ2) is 5.76. The van der Waals surface area contributed by atoms with Crippen LogP contribution in [0, 0.1) is 11.3 Å². The minimum atomic E-state index is 0.133. The maximum atomic E-state index is 8.80. The predicted molar refractivity (Wildman–Crippen MR) is 80.6 cm³/mol. The Kier molecular flexibility index (Phi) is 3.65. The second-order valence-corrected chi connectivity index (χ2v) is 4.96. The molecule has 0 fully saturated rings. The Morgan fingerprint density at radius 1 is 1.05 bits per heavy atom. The lowest BCUT2D eigenvalue weighted by atomic mass is 10.1. The van der Waals surface area contributed by atoms with Crippen molar-refractivity contribution in [3.8, 4) is 17.6 Å². The van der Waals surface area contributed by atoms with Crippen LogP contribution in [0.5, 0.6) is 11.5 Å². The van der Waals surface area contributed by atoms with Crippen molar-refractivity contribution in [1.82, 2.24) is 0 Å². The lowest BCUT2D eigenvalue weighted by molar-refractivity contribution is 0.171. The molecular weight excluding hydrogens is 264 g/mol. The van der Waals surface area contributed by atoms with Gasteiger partial charge in [0.25, 0.3) is 0 Å². The van der Waals surface area contributed by atoms with Crippen LogP contribution in [0.1, 0.15) is 24.1 Å². The zero-order chi connectivity index (χ0) is 14.7. The van der Waals surface area contributed by atoms with E-state index in [0.29, 0.717) is 18.8 Å². The first-order chi connectivity index (χ1) is 10.3. The highest BCUT2D eigenvalue weighted by Crippen LogP contribution is 2.33. The topological polar surface area (TPSA) is 54.3 Å². The molecule has 2 aromatic rings. The Morgan fingerprint density at radius 2 is 1.76 bits per heavy atom. The Labute approximate surface area is 123 Å². The Morgan fingerprint density at radius 3 is 2.48 bits per heavy atom. The zero-order valence-corrected chi connectivity index (χ0v) is 11.8. The molecule has 106 valence electrons. The predicted octanol–water partition coefficient (Wildman–Crippen LogP) is 3.50. The van der Waals surface area contributed by atoms with Crippen molar-refractivity contribution in [2.45, 2.75) is 13.0 Å². The number of benzene rings is 2. The fourth-order valence-corrected chi connectivity index (χ4v) is 2.30. The number of fused-ring (bicyclic) bond motifs is 1. The Bertz CT molecular complexity index is 674. The molecule has 3 rings (SSSR count). The number of rotatable bonds is 3. The fraction of sp³-hybridized carbons (Fsp3) is 0.235. The summed E-state index contributed by atoms with van der Waals surface area (Å²) in [5.74, 6) is 1.60. The normalized spacial score (nSPS) is 14.1. The van der Waals surface area contributed by atoms with Crippen LogP contribution in [0.3, 0.4) is 0 Å². The van der Waals surface area contributed by atoms with Crippen molar-refractivity contribution < 1.29 is 9.47 Å². The number of ether oxygens (including phenoxy) is 2. The molecule has 21 heavy (non-hydrogen) atoms. The molecule has 1 atom stereocenters. The zero-order valence-electron chi connectivity index (χ0n) is 11.8. The van der Waals surface area contributed by atoms with Crippen LogP contribution in [-0.2, 0) is 0 Å². The molecule has 1 N–H and O–H groups in total. The van der Waals surface area contributed by atoms with Crippen molar-refractivity contribution in [1.29, 1.82) is 5.26 Å². The summed E-state index contributed by atoms with van der Waals surface area (Å²) in [6.45, 7) is 3.28. The first-order valence-electron chi connectivity index (χ1n) is 6.92. The van der Waals surface area contributed by atoms with E-state index in [1.165, 1.54) is 0 Å². The average molecular weight is 280 g/mol. The second-order valence-electron chi connectivity index (χ2n) is 4.96. The summed E-state index contributed by atoms with van der Waals surface area (Å²) < 4.78 is 11.1. The standard InChI is InChI=1S/C17H16N2O2/c1-12(19-15-5-2-13(11-18)3-6-15)14-4-7-16-17(10-14)21-9-8-20-16/h2-7,10,12,19H,8-9H2,1H3. The molecular formula is C17H16N2O2. The quantitative estimate of drug-likeness (QED) is 0.935. The van der Waals surface area contributed by atoms with Gasteiger partial charge < -0.3 is 14.8 Å². The van der Waals surface area contributed by atoms with E-state index >= 15 is 0 Å². The fourth-order valence-electron chi connectivity index (χ4n) is 2.30. The van der Waals surface area contributed by atoms with Crippen LogP contribution in [0.2, 0.25) is 0 Å². The van der Waals surface area contributed by atoms with Crippen molar-refractivity contribution in [2.75, 3.05) is 18.5 Å². The van der Waals surface area contributed by atoms with Gasteiger partial charge in [-0.1, -0.05) is 6.07 Å². The van der Waals surface area contributed by atoms with Crippen LogP contribution in [0.25, 0.3) is 0 Å². The first-order valence-corrected chi connectivity index (χ1v) is 6.92. The summed E-state index contributed by atoms with van der Waals surface area (Å²) in [4.78, 5) is 0. The van der Waals surface area contributed by atoms with Gasteiger partial charge in [0.15, 0.2) is 11.5 Å². The lowest BCUT2D eigenvalue weighted by Crippen LogP contribution is -2.16. The number of nitrogens with zero attached hydrogens (tertiary/aromatic N) is 1. The van der Waals surface area contributed by atoms with Gasteiger partial charge in [-0.05, 0) is 48.9 Å². The molecule has 0 saturated heterocycles. The Balaban J connectivity index is 1.75. The van der Waals surface area contributed by atoms with E-state index in [-0.39, 0.29) is 6.04 Å². The van der Waals surface area contributed by atoms with Crippen molar-refractivity contribution in [3.05, 3.63) is 53.6 Å². The van der Waals surface area contributed by atoms with E-state index in [2.05, 4.69) is 18.3 Å². The summed E-state index contributed by atoms with van der Waals surface area (Å²) in [5.41, 5.74) is 2.77. The van der Waals surface area contributed by atoms with Crippen LogP contribution in [0.4, 0.5) is 5.69 Å². The summed E-state index contributed by atoms with van der Waals surface area (Å²) >= 11 is 0. The van der Waals surface area contributed by atoms with Gasteiger partial charge in [-0.2, -0.15) is 5.26 Å². The third-order valence-electron chi connectivity index (χ3n) is 3.46. The SMILES string of the molecule is CC(Nc1ccc(C#N)cc1)c1ccc2c(c1)OCCO2. The van der Waals surface area contributed by atoms with E-state index in [1.807, 2.05) is 30.3 Å². The maximum Gasteiger partial charge on any atom is 0.161 e. The van der Waals surface area contributed by atoms with Crippen molar-refractivity contribution in [2.24, 2.45) is 0 Å². The van der Waals surface area contributed by atoms with Crippen LogP contribution < -0.4 is 14.8 Å². The highest BCUT2D eigenvalue weighted by molar-refractivity contribution is 5.50. The lowest BCUT2D eigenvalue weighted by Gasteiger charge is -2.21. The van der Waals surface area contributed by atoms with Gasteiger partial charge in [0.2, 0.25) is 0 Å². The molecule has 0 amide bonds. The largest absolute Gasteiger partial charge is 0.486 e. The molecule has 1 unspecified atom stereocenters. The molecule has 1 aliphatic rings. The summed E-state index contributed by atoms with van der Waals surface area (Å²) in [6, 6.07) is 15.7. The summed E-state index contributed by atoms with van der Waals surface area (Å²) in [6.07, 6.45) is 0. The van der Waals surface area contributed by atoms with E-state index in [9.17, 15) is 0 Å². The highest BCUT2D eigenvalue weighted by Gasteiger charge is 2.14. The number of nitrogens with one attached hydrogen (secondary N) is 1. The van der Waals surface area contributed by atoms with Gasteiger partial charge in [-0.15, -0.1) is 0 Å². The molecule has 0 aliphatic carbocycles. The molecule has 0 radical (unpaired) electrons. The molecule has 1 aliphatic heterocycles. The number of hydrogen-bond donors (Lipinski definition) is 1. The smallest absolute Gasteiger partial charge is 0.161 e. The third kappa shape index (κ3) is 2.92. The van der Waals surface area contributed by atoms with Crippen LogP contribution >= 0.6 is 0 Å². The van der Waals surface area contributed by atoms with Crippen LogP contribution in [-0.4, -0.2) is 13.2 Å². The molecule has 0 aromatic heterocycles. The molecule has 4 heteroatoms. The van der Waals surface area contributed by atoms with E-state index in [0.717, 1.165) is 22.7 Å². The highest BCUT2D eigenvalue weighted by atomic mass is 16.6. The minimum absolute atomic E-state index is 0.133. The van der Waals surface area contributed by atoms with Gasteiger partial charge in [0.05, 0.1) is 11.6 Å². The van der Waals surface area contributed by atoms with E-state index in [1.54, 1.807) is 12.1 Å². The molecule has 1 heterocycles. The van der Waals surface area contributed by atoms with Crippen molar-refractivity contribution in [3.63, 3.8) is 0 Å². The average Bonchev–Trinajstić information content (AvgIpc) is 2.55. The van der Waals surface area contributed by atoms with Gasteiger partial charge in [0, 0.05) is 11.7 Å². The molecule has 0 bridgehead atoms. The molecule has 0 saturated carbocycles. The number of nitriles is 1. The van der Waals surface area contributed by atoms with Gasteiger partial charge >= 0.3 is 0 Å². The van der Waals surface area contributed by atoms with E-state index < -0.39 is 0 Å². The minimum Gasteiger partial charge on any atom is -0.486 e. The van der Waals surface area contributed by atoms with Crippen molar-refractivity contribution >= 4 is 5.69 Å². The monoisotopic (exact) mass is 280 g/mol. The van der Waals surface area contributed by atoms with Gasteiger partial charge in [-0.25, -0.2) is 0 Å². The number of anilines is 1. The van der Waals surface area contributed by atoms with Gasteiger partial charge in [0.1, 0.15) is 13.2 Å². The molecule has 0 spiro atoms. The summed E-state index contributed by atoms with van der Waals surface area (Å²) in [7, 11) is 0. The molecule has 2 aromatic carbocycles. The van der Waals surface area contributed by atoms with Crippen LogP contribution in [0.15, 0.2) is 42.5 Å².